The minimum absolute atomic E-state index is 0.106. The van der Waals surface area contributed by atoms with Crippen LogP contribution < -0.4 is 20.8 Å². The number of rotatable bonds is 16. The van der Waals surface area contributed by atoms with Gasteiger partial charge in [-0.3, -0.25) is 10.1 Å². The number of thioether (sulfide) groups is 1. The fourth-order valence-corrected chi connectivity index (χ4v) is 3.88. The van der Waals surface area contributed by atoms with E-state index < -0.39 is 11.9 Å². The maximum Gasteiger partial charge on any atom is 0.414 e. The van der Waals surface area contributed by atoms with Gasteiger partial charge in [-0.1, -0.05) is 50.3 Å². The molecule has 0 aromatic heterocycles. The van der Waals surface area contributed by atoms with Gasteiger partial charge >= 0.3 is 11.9 Å². The third-order valence-corrected chi connectivity index (χ3v) is 6.18. The van der Waals surface area contributed by atoms with Crippen LogP contribution in [-0.4, -0.2) is 96.2 Å². The predicted octanol–water partition coefficient (Wildman–Crippen LogP) is 4.23. The normalized spacial score (nSPS) is 13.3. The average Bonchev–Trinajstić information content (AvgIpc) is 3.53. The number of hydrogen-bond acceptors (Lipinski definition) is 9. The molecule has 1 aromatic rings. The van der Waals surface area contributed by atoms with Gasteiger partial charge in [0.15, 0.2) is 0 Å². The molecule has 0 spiro atoms. The summed E-state index contributed by atoms with van der Waals surface area (Å²) in [6.07, 6.45) is 13.5. The van der Waals surface area contributed by atoms with Crippen molar-refractivity contribution in [3.05, 3.63) is 54.6 Å². The van der Waals surface area contributed by atoms with Crippen molar-refractivity contribution >= 4 is 35.8 Å². The fraction of sp³-hybridized carbons (Fsp3) is 0.548. The number of carboxylic acid groups (broad SMARTS) is 2. The van der Waals surface area contributed by atoms with Gasteiger partial charge in [0.05, 0.1) is 12.4 Å². The highest BCUT2D eigenvalue weighted by atomic mass is 32.2. The van der Waals surface area contributed by atoms with Crippen LogP contribution in [0.3, 0.4) is 0 Å². The molecule has 1 amide bonds. The van der Waals surface area contributed by atoms with E-state index in [0.29, 0.717) is 18.4 Å². The zero-order valence-electron chi connectivity index (χ0n) is 26.5. The molecule has 12 heteroatoms. The number of allylic oxidation sites excluding steroid dienone is 3. The monoisotopic (exact) mass is 623 g/mol. The molecule has 5 N–H and O–H groups in total. The van der Waals surface area contributed by atoms with E-state index in [0.717, 1.165) is 24.7 Å². The molecule has 1 aromatic carbocycles. The standard InChI is InChI=1S/C14H18N2O2S.C13H27N3.C2H2O4.C2H6/c1-2-3-9-15-16-14(17)12-19-11-10-18-13-7-5-4-6-8-13;1-3-7-13(2)15-12-14-8-6-11-16-9-4-5-10-16;3-1(4)2(5)6;1-2/h2-9H,10-12H2,1H3,(H,16,17);3,7,13-15H,4-6,8-12H2,1-2H3;(H,3,4)(H,5,6);1-2H3/b3-2+,15-9+;7-3-;;. The number of carbonyl (C=O) groups is 3. The Morgan fingerprint density at radius 2 is 1.72 bits per heavy atom. The van der Waals surface area contributed by atoms with Crippen molar-refractivity contribution in [1.82, 2.24) is 21.0 Å². The Hall–Kier alpha value is -3.19. The summed E-state index contributed by atoms with van der Waals surface area (Å²) in [5.74, 6) is -1.76. The Kier molecular flexibility index (Phi) is 31.0. The highest BCUT2D eigenvalue weighted by molar-refractivity contribution is 7.99. The molecule has 1 saturated heterocycles. The summed E-state index contributed by atoms with van der Waals surface area (Å²) >= 11 is 1.52. The number of nitrogens with one attached hydrogen (secondary N) is 3. The van der Waals surface area contributed by atoms with E-state index in [9.17, 15) is 4.79 Å². The molecule has 11 nitrogen and oxygen atoms in total. The molecule has 1 aliphatic rings. The van der Waals surface area contributed by atoms with Gasteiger partial charge in [0.2, 0.25) is 5.91 Å². The first-order valence-corrected chi connectivity index (χ1v) is 15.9. The summed E-state index contributed by atoms with van der Waals surface area (Å²) in [5, 5.41) is 25.4. The second kappa shape index (κ2) is 31.7. The van der Waals surface area contributed by atoms with Crippen LogP contribution in [0.4, 0.5) is 0 Å². The van der Waals surface area contributed by atoms with Crippen LogP contribution in [0.25, 0.3) is 0 Å². The first kappa shape index (κ1) is 41.9. The SMILES string of the molecule is C/C=C/C=N/NC(=O)CSCCOc1ccccc1.C/C=C\C(C)NCNCCCN1CCCC1.CC.O=C(O)C(=O)O. The van der Waals surface area contributed by atoms with Gasteiger partial charge in [-0.2, -0.15) is 5.10 Å². The number of nitrogens with zero attached hydrogens (tertiary/aromatic N) is 2. The van der Waals surface area contributed by atoms with Gasteiger partial charge in [-0.15, -0.1) is 11.8 Å². The van der Waals surface area contributed by atoms with Crippen molar-refractivity contribution in [2.45, 2.75) is 59.9 Å². The molecule has 244 valence electrons. The Morgan fingerprint density at radius 3 is 2.30 bits per heavy atom. The summed E-state index contributed by atoms with van der Waals surface area (Å²) in [6.45, 7) is 16.6. The van der Waals surface area contributed by atoms with Crippen molar-refractivity contribution in [2.75, 3.05) is 51.0 Å². The molecule has 43 heavy (non-hydrogen) atoms. The van der Waals surface area contributed by atoms with E-state index in [4.69, 9.17) is 24.5 Å². The van der Waals surface area contributed by atoms with Crippen molar-refractivity contribution in [1.29, 1.82) is 0 Å². The quantitative estimate of drug-likeness (QED) is 0.0452. The van der Waals surface area contributed by atoms with Gasteiger partial charge in [0.1, 0.15) is 5.75 Å². The molecule has 0 saturated carbocycles. The van der Waals surface area contributed by atoms with E-state index in [1.807, 2.05) is 57.2 Å². The van der Waals surface area contributed by atoms with Gasteiger partial charge in [-0.25, -0.2) is 15.0 Å². The molecular formula is C31H53N5O6S. The molecule has 0 bridgehead atoms. The van der Waals surface area contributed by atoms with Crippen LogP contribution in [-0.2, 0) is 14.4 Å². The van der Waals surface area contributed by atoms with E-state index >= 15 is 0 Å². The van der Waals surface area contributed by atoms with Crippen LogP contribution in [0.5, 0.6) is 5.75 Å². The zero-order chi connectivity index (χ0) is 32.6. The third kappa shape index (κ3) is 30.1. The number of carboxylic acids is 2. The number of para-hydroxylation sites is 1. The largest absolute Gasteiger partial charge is 0.493 e. The average molecular weight is 624 g/mol. The molecular weight excluding hydrogens is 570 g/mol. The summed E-state index contributed by atoms with van der Waals surface area (Å²) in [7, 11) is 0. The number of ether oxygens (including phenoxy) is 1. The number of carbonyl (C=O) groups excluding carboxylic acids is 1. The van der Waals surface area contributed by atoms with Crippen molar-refractivity contribution in [3.8, 4) is 5.75 Å². The lowest BCUT2D eigenvalue weighted by Crippen LogP contribution is -2.35. The Balaban J connectivity index is 0. The summed E-state index contributed by atoms with van der Waals surface area (Å²) in [5.41, 5.74) is 2.44. The highest BCUT2D eigenvalue weighted by Gasteiger charge is 2.09. The second-order valence-corrected chi connectivity index (χ2v) is 9.87. The first-order valence-electron chi connectivity index (χ1n) is 14.7. The summed E-state index contributed by atoms with van der Waals surface area (Å²) < 4.78 is 5.51. The number of likely N-dealkylation sites (tertiary alicyclic amines) is 1. The lowest BCUT2D eigenvalue weighted by molar-refractivity contribution is -0.159. The highest BCUT2D eigenvalue weighted by Crippen LogP contribution is 2.09. The Bertz CT molecular complexity index is 897. The van der Waals surface area contributed by atoms with Gasteiger partial charge in [-0.05, 0) is 84.4 Å². The molecule has 2 rings (SSSR count). The summed E-state index contributed by atoms with van der Waals surface area (Å²) in [4.78, 5) is 32.1. The van der Waals surface area contributed by atoms with E-state index in [1.54, 1.807) is 12.3 Å². The maximum absolute atomic E-state index is 11.3. The van der Waals surface area contributed by atoms with Gasteiger partial charge in [0, 0.05) is 24.7 Å². The van der Waals surface area contributed by atoms with Crippen LogP contribution in [0.1, 0.15) is 53.9 Å². The van der Waals surface area contributed by atoms with Crippen molar-refractivity contribution in [2.24, 2.45) is 5.10 Å². The first-order chi connectivity index (χ1) is 20.8. The van der Waals surface area contributed by atoms with Crippen molar-refractivity contribution in [3.63, 3.8) is 0 Å². The van der Waals surface area contributed by atoms with E-state index in [2.05, 4.69) is 52.1 Å². The van der Waals surface area contributed by atoms with Crippen LogP contribution in [0, 0.1) is 0 Å². The molecule has 0 aliphatic carbocycles. The zero-order valence-corrected chi connectivity index (χ0v) is 27.3. The molecule has 0 radical (unpaired) electrons. The van der Waals surface area contributed by atoms with E-state index in [-0.39, 0.29) is 5.91 Å². The molecule has 1 fully saturated rings. The Morgan fingerprint density at radius 1 is 1.07 bits per heavy atom. The number of aliphatic carboxylic acids is 2. The maximum atomic E-state index is 11.3. The fourth-order valence-electron chi connectivity index (χ4n) is 3.28. The Labute approximate surface area is 262 Å². The topological polar surface area (TPSA) is 153 Å². The predicted molar refractivity (Wildman–Crippen MR) is 178 cm³/mol. The molecule has 1 heterocycles. The lowest BCUT2D eigenvalue weighted by Gasteiger charge is -2.15. The van der Waals surface area contributed by atoms with Crippen LogP contribution in [0.2, 0.25) is 0 Å². The van der Waals surface area contributed by atoms with Gasteiger partial charge < -0.3 is 25.2 Å². The summed E-state index contributed by atoms with van der Waals surface area (Å²) in [6, 6.07) is 10.1. The number of hydrazone groups is 1. The van der Waals surface area contributed by atoms with Crippen molar-refractivity contribution < 1.29 is 29.3 Å². The van der Waals surface area contributed by atoms with Crippen LogP contribution >= 0.6 is 11.8 Å². The molecule has 1 unspecified atom stereocenters. The third-order valence-electron chi connectivity index (χ3n) is 5.25. The molecule has 1 atom stereocenters. The van der Waals surface area contributed by atoms with Crippen LogP contribution in [0.15, 0.2) is 59.7 Å². The minimum Gasteiger partial charge on any atom is -0.493 e. The minimum atomic E-state index is -1.82. The second-order valence-electron chi connectivity index (χ2n) is 8.76. The lowest BCUT2D eigenvalue weighted by atomic mass is 10.3. The molecule has 1 aliphatic heterocycles. The number of amides is 1. The number of hydrogen-bond donors (Lipinski definition) is 5. The smallest absolute Gasteiger partial charge is 0.414 e. The van der Waals surface area contributed by atoms with E-state index in [1.165, 1.54) is 50.7 Å². The van der Waals surface area contributed by atoms with Gasteiger partial charge in [0.25, 0.3) is 0 Å². The number of benzene rings is 1.